The van der Waals surface area contributed by atoms with Crippen LogP contribution in [0.3, 0.4) is 0 Å². The number of hydrogen-bond acceptors (Lipinski definition) is 5. The molecule has 0 atom stereocenters. The topological polar surface area (TPSA) is 54.2 Å². The highest BCUT2D eigenvalue weighted by molar-refractivity contribution is 4.91. The first-order chi connectivity index (χ1) is 7.75. The molecule has 90 valence electrons. The van der Waals surface area contributed by atoms with Gasteiger partial charge < -0.3 is 9.84 Å². The molecule has 0 saturated carbocycles. The summed E-state index contributed by atoms with van der Waals surface area (Å²) in [5.41, 5.74) is 0. The van der Waals surface area contributed by atoms with Crippen molar-refractivity contribution in [1.29, 1.82) is 0 Å². The third-order valence-electron chi connectivity index (χ3n) is 2.79. The first-order valence-electron chi connectivity index (χ1n) is 6.01. The van der Waals surface area contributed by atoms with Crippen LogP contribution in [-0.4, -0.2) is 41.2 Å². The smallest absolute Gasteiger partial charge is 0.240 e. The lowest BCUT2D eigenvalue weighted by atomic mass is 10.2. The highest BCUT2D eigenvalue weighted by atomic mass is 16.5. The lowest BCUT2D eigenvalue weighted by Crippen LogP contribution is -2.27. The first-order valence-corrected chi connectivity index (χ1v) is 6.01. The van der Waals surface area contributed by atoms with E-state index in [1.807, 2.05) is 0 Å². The van der Waals surface area contributed by atoms with Gasteiger partial charge in [-0.15, -0.1) is 0 Å². The Labute approximate surface area is 96.2 Å². The van der Waals surface area contributed by atoms with Crippen LogP contribution in [0.2, 0.25) is 0 Å². The van der Waals surface area contributed by atoms with Gasteiger partial charge in [0, 0.05) is 19.0 Å². The molecule has 0 amide bonds. The van der Waals surface area contributed by atoms with Crippen LogP contribution in [0.5, 0.6) is 0 Å². The summed E-state index contributed by atoms with van der Waals surface area (Å²) in [6.45, 7) is 9.24. The van der Waals surface area contributed by atoms with Crippen LogP contribution in [0, 0.1) is 0 Å². The largest absolute Gasteiger partial charge is 0.338 e. The summed E-state index contributed by atoms with van der Waals surface area (Å²) in [5.74, 6) is 1.89. The van der Waals surface area contributed by atoms with Crippen molar-refractivity contribution in [1.82, 2.24) is 20.4 Å². The SMILES string of the molecule is CC(C)c1noc(CN2CCCNCC2)n1. The van der Waals surface area contributed by atoms with Gasteiger partial charge >= 0.3 is 0 Å². The zero-order valence-corrected chi connectivity index (χ0v) is 10.1. The fraction of sp³-hybridized carbons (Fsp3) is 0.818. The average Bonchev–Trinajstić information content (AvgIpc) is 2.56. The van der Waals surface area contributed by atoms with Gasteiger partial charge in [0.1, 0.15) is 0 Å². The summed E-state index contributed by atoms with van der Waals surface area (Å²) in [4.78, 5) is 6.75. The quantitative estimate of drug-likeness (QED) is 0.829. The summed E-state index contributed by atoms with van der Waals surface area (Å²) in [7, 11) is 0. The van der Waals surface area contributed by atoms with Crippen molar-refractivity contribution >= 4 is 0 Å². The van der Waals surface area contributed by atoms with Crippen molar-refractivity contribution in [3.8, 4) is 0 Å². The Bertz CT molecular complexity index is 316. The Hall–Kier alpha value is -0.940. The summed E-state index contributed by atoms with van der Waals surface area (Å²) < 4.78 is 5.25. The Kier molecular flexibility index (Phi) is 3.90. The van der Waals surface area contributed by atoms with Gasteiger partial charge in [0.2, 0.25) is 5.89 Å². The van der Waals surface area contributed by atoms with Crippen LogP contribution in [0.15, 0.2) is 4.52 Å². The molecule has 1 aliphatic heterocycles. The van der Waals surface area contributed by atoms with E-state index in [1.54, 1.807) is 0 Å². The molecule has 1 fully saturated rings. The number of aromatic nitrogens is 2. The van der Waals surface area contributed by atoms with E-state index < -0.39 is 0 Å². The summed E-state index contributed by atoms with van der Waals surface area (Å²) in [6.07, 6.45) is 1.19. The highest BCUT2D eigenvalue weighted by Gasteiger charge is 2.14. The summed E-state index contributed by atoms with van der Waals surface area (Å²) >= 11 is 0. The van der Waals surface area contributed by atoms with E-state index in [0.29, 0.717) is 5.92 Å². The summed E-state index contributed by atoms with van der Waals surface area (Å²) in [6, 6.07) is 0. The molecule has 0 radical (unpaired) electrons. The van der Waals surface area contributed by atoms with Crippen molar-refractivity contribution in [2.24, 2.45) is 0 Å². The van der Waals surface area contributed by atoms with Crippen molar-refractivity contribution < 1.29 is 4.52 Å². The molecular formula is C11H20N4O. The highest BCUT2D eigenvalue weighted by Crippen LogP contribution is 2.11. The molecule has 0 aromatic carbocycles. The number of nitrogens with one attached hydrogen (secondary N) is 1. The molecule has 2 heterocycles. The number of nitrogens with zero attached hydrogens (tertiary/aromatic N) is 3. The normalized spacial score (nSPS) is 18.9. The van der Waals surface area contributed by atoms with Crippen LogP contribution >= 0.6 is 0 Å². The minimum Gasteiger partial charge on any atom is -0.338 e. The molecule has 1 aromatic rings. The standard InChI is InChI=1S/C11H20N4O/c1-9(2)11-13-10(16-14-11)8-15-6-3-4-12-5-7-15/h9,12H,3-8H2,1-2H3. The number of rotatable bonds is 3. The second-order valence-electron chi connectivity index (χ2n) is 4.58. The lowest BCUT2D eigenvalue weighted by Gasteiger charge is -2.16. The van der Waals surface area contributed by atoms with E-state index in [1.165, 1.54) is 6.42 Å². The van der Waals surface area contributed by atoms with E-state index in [-0.39, 0.29) is 0 Å². The average molecular weight is 224 g/mol. The minimum atomic E-state index is 0.336. The van der Waals surface area contributed by atoms with Gasteiger partial charge in [0.05, 0.1) is 6.54 Å². The molecule has 0 aliphatic carbocycles. The second-order valence-corrected chi connectivity index (χ2v) is 4.58. The molecule has 5 nitrogen and oxygen atoms in total. The molecule has 16 heavy (non-hydrogen) atoms. The van der Waals surface area contributed by atoms with Crippen molar-refractivity contribution in [3.63, 3.8) is 0 Å². The van der Waals surface area contributed by atoms with E-state index in [4.69, 9.17) is 4.52 Å². The summed E-state index contributed by atoms with van der Waals surface area (Å²) in [5, 5.41) is 7.35. The molecule has 1 aliphatic rings. The van der Waals surface area contributed by atoms with Crippen LogP contribution in [0.1, 0.15) is 37.9 Å². The Morgan fingerprint density at radius 2 is 2.25 bits per heavy atom. The Balaban J connectivity index is 1.91. The zero-order chi connectivity index (χ0) is 11.4. The van der Waals surface area contributed by atoms with E-state index >= 15 is 0 Å². The minimum absolute atomic E-state index is 0.336. The predicted molar refractivity (Wildman–Crippen MR) is 61.2 cm³/mol. The Morgan fingerprint density at radius 1 is 1.38 bits per heavy atom. The van der Waals surface area contributed by atoms with E-state index in [2.05, 4.69) is 34.2 Å². The van der Waals surface area contributed by atoms with Crippen LogP contribution in [0.4, 0.5) is 0 Å². The van der Waals surface area contributed by atoms with Gasteiger partial charge in [-0.3, -0.25) is 4.90 Å². The van der Waals surface area contributed by atoms with Crippen molar-refractivity contribution in [2.45, 2.75) is 32.7 Å². The molecule has 2 rings (SSSR count). The van der Waals surface area contributed by atoms with Gasteiger partial charge in [0.15, 0.2) is 5.82 Å². The maximum absolute atomic E-state index is 5.25. The van der Waals surface area contributed by atoms with Gasteiger partial charge in [-0.25, -0.2) is 0 Å². The van der Waals surface area contributed by atoms with Crippen molar-refractivity contribution in [3.05, 3.63) is 11.7 Å². The van der Waals surface area contributed by atoms with Gasteiger partial charge in [-0.05, 0) is 19.5 Å². The van der Waals surface area contributed by atoms with Crippen LogP contribution in [0.25, 0.3) is 0 Å². The van der Waals surface area contributed by atoms with Crippen LogP contribution < -0.4 is 5.32 Å². The van der Waals surface area contributed by atoms with Gasteiger partial charge in [0.25, 0.3) is 0 Å². The monoisotopic (exact) mass is 224 g/mol. The van der Waals surface area contributed by atoms with Crippen molar-refractivity contribution in [2.75, 3.05) is 26.2 Å². The first kappa shape index (κ1) is 11.5. The molecule has 5 heteroatoms. The molecule has 0 bridgehead atoms. The maximum Gasteiger partial charge on any atom is 0.240 e. The second kappa shape index (κ2) is 5.41. The lowest BCUT2D eigenvalue weighted by molar-refractivity contribution is 0.238. The molecule has 0 unspecified atom stereocenters. The van der Waals surface area contributed by atoms with Gasteiger partial charge in [-0.1, -0.05) is 19.0 Å². The third-order valence-corrected chi connectivity index (χ3v) is 2.79. The molecule has 0 spiro atoms. The third kappa shape index (κ3) is 3.02. The predicted octanol–water partition coefficient (Wildman–Crippen LogP) is 0.988. The number of hydrogen-bond donors (Lipinski definition) is 1. The molecular weight excluding hydrogens is 204 g/mol. The molecule has 1 N–H and O–H groups in total. The van der Waals surface area contributed by atoms with Gasteiger partial charge in [-0.2, -0.15) is 4.98 Å². The fourth-order valence-electron chi connectivity index (χ4n) is 1.82. The maximum atomic E-state index is 5.25. The van der Waals surface area contributed by atoms with E-state index in [0.717, 1.165) is 44.4 Å². The van der Waals surface area contributed by atoms with E-state index in [9.17, 15) is 0 Å². The Morgan fingerprint density at radius 3 is 3.00 bits per heavy atom. The van der Waals surface area contributed by atoms with Crippen LogP contribution in [-0.2, 0) is 6.54 Å². The fourth-order valence-corrected chi connectivity index (χ4v) is 1.82. The molecule has 1 aromatic heterocycles. The molecule has 1 saturated heterocycles. The zero-order valence-electron chi connectivity index (χ0n) is 10.1.